The summed E-state index contributed by atoms with van der Waals surface area (Å²) in [6.07, 6.45) is 6.74. The quantitative estimate of drug-likeness (QED) is 0.424. The molecule has 0 aliphatic carbocycles. The van der Waals surface area contributed by atoms with Gasteiger partial charge < -0.3 is 19.3 Å². The van der Waals surface area contributed by atoms with Gasteiger partial charge in [-0.25, -0.2) is 4.98 Å². The number of carbonyl (C=O) groups is 3. The number of rotatable bonds is 10. The molecular weight excluding hydrogens is 376 g/mol. The Morgan fingerprint density at radius 2 is 2.10 bits per heavy atom. The van der Waals surface area contributed by atoms with Crippen LogP contribution in [0.3, 0.4) is 0 Å². The monoisotopic (exact) mass is 406 g/mol. The molecule has 1 aromatic heterocycles. The van der Waals surface area contributed by atoms with E-state index in [0.29, 0.717) is 39.3 Å². The van der Waals surface area contributed by atoms with Crippen molar-refractivity contribution in [2.24, 2.45) is 5.92 Å². The number of hydrogen-bond donors (Lipinski definition) is 0. The van der Waals surface area contributed by atoms with Crippen LogP contribution in [-0.2, 0) is 19.1 Å². The number of aromatic nitrogens is 2. The van der Waals surface area contributed by atoms with Crippen LogP contribution in [0.1, 0.15) is 43.1 Å². The molecule has 0 unspecified atom stereocenters. The van der Waals surface area contributed by atoms with E-state index in [-0.39, 0.29) is 42.4 Å². The maximum Gasteiger partial charge on any atom is 0.310 e. The lowest BCUT2D eigenvalue weighted by Gasteiger charge is -2.32. The summed E-state index contributed by atoms with van der Waals surface area (Å²) < 4.78 is 10.2. The van der Waals surface area contributed by atoms with Gasteiger partial charge in [0.1, 0.15) is 5.69 Å². The molecule has 1 saturated heterocycles. The van der Waals surface area contributed by atoms with Gasteiger partial charge >= 0.3 is 5.97 Å². The largest absolute Gasteiger partial charge is 0.466 e. The molecule has 2 rings (SSSR count). The van der Waals surface area contributed by atoms with Crippen LogP contribution in [0.25, 0.3) is 0 Å². The molecular formula is C20H30N4O5. The Morgan fingerprint density at radius 3 is 2.79 bits per heavy atom. The molecule has 9 nitrogen and oxygen atoms in total. The molecule has 0 spiro atoms. The predicted octanol–water partition coefficient (Wildman–Crippen LogP) is 1.15. The van der Waals surface area contributed by atoms with Crippen LogP contribution >= 0.6 is 0 Å². The first-order chi connectivity index (χ1) is 14.1. The highest BCUT2D eigenvalue weighted by atomic mass is 16.5. The topological polar surface area (TPSA) is 102 Å². The van der Waals surface area contributed by atoms with E-state index in [2.05, 4.69) is 9.97 Å². The molecule has 1 aliphatic rings. The summed E-state index contributed by atoms with van der Waals surface area (Å²) in [5, 5.41) is 0. The zero-order valence-corrected chi connectivity index (χ0v) is 17.2. The molecule has 1 fully saturated rings. The van der Waals surface area contributed by atoms with Crippen LogP contribution in [0.4, 0.5) is 0 Å². The highest BCUT2D eigenvalue weighted by Crippen LogP contribution is 2.19. The van der Waals surface area contributed by atoms with E-state index < -0.39 is 0 Å². The van der Waals surface area contributed by atoms with Crippen molar-refractivity contribution in [3.05, 3.63) is 24.3 Å². The Hall–Kier alpha value is -2.55. The molecule has 2 amide bonds. The minimum atomic E-state index is -0.272. The average Bonchev–Trinajstić information content (AvgIpc) is 2.76. The van der Waals surface area contributed by atoms with E-state index in [0.717, 1.165) is 12.8 Å². The van der Waals surface area contributed by atoms with Gasteiger partial charge in [-0.1, -0.05) is 0 Å². The first-order valence-electron chi connectivity index (χ1n) is 10.1. The zero-order chi connectivity index (χ0) is 21.1. The summed E-state index contributed by atoms with van der Waals surface area (Å²) in [4.78, 5) is 48.7. The van der Waals surface area contributed by atoms with Crippen molar-refractivity contribution in [3.63, 3.8) is 0 Å². The average molecular weight is 406 g/mol. The molecule has 1 atom stereocenters. The van der Waals surface area contributed by atoms with Crippen LogP contribution in [-0.4, -0.2) is 84.1 Å². The fourth-order valence-corrected chi connectivity index (χ4v) is 3.33. The molecule has 0 radical (unpaired) electrons. The van der Waals surface area contributed by atoms with Gasteiger partial charge in [-0.2, -0.15) is 0 Å². The number of amides is 2. The first-order valence-corrected chi connectivity index (χ1v) is 10.1. The lowest BCUT2D eigenvalue weighted by Crippen LogP contribution is -2.44. The van der Waals surface area contributed by atoms with Crippen molar-refractivity contribution in [2.45, 2.75) is 32.6 Å². The second-order valence-electron chi connectivity index (χ2n) is 6.91. The van der Waals surface area contributed by atoms with Gasteiger partial charge in [-0.15, -0.1) is 0 Å². The third kappa shape index (κ3) is 7.08. The van der Waals surface area contributed by atoms with Gasteiger partial charge in [0.25, 0.3) is 5.91 Å². The smallest absolute Gasteiger partial charge is 0.310 e. The lowest BCUT2D eigenvalue weighted by molar-refractivity contribution is -0.151. The number of likely N-dealkylation sites (tertiary alicyclic amines) is 1. The van der Waals surface area contributed by atoms with Crippen LogP contribution < -0.4 is 0 Å². The van der Waals surface area contributed by atoms with Crippen molar-refractivity contribution in [1.82, 2.24) is 19.8 Å². The van der Waals surface area contributed by atoms with Gasteiger partial charge in [0.05, 0.1) is 18.7 Å². The summed E-state index contributed by atoms with van der Waals surface area (Å²) >= 11 is 0. The summed E-state index contributed by atoms with van der Waals surface area (Å²) in [6.45, 7) is 4.36. The van der Waals surface area contributed by atoms with E-state index >= 15 is 0 Å². The van der Waals surface area contributed by atoms with Gasteiger partial charge in [-0.3, -0.25) is 19.4 Å². The normalized spacial score (nSPS) is 16.3. The number of hydrogen-bond acceptors (Lipinski definition) is 7. The number of piperidine rings is 1. The SMILES string of the molecule is CCOC(=O)[C@@H]1CCCN(C(=O)CCN(CCCOC)C(=O)c2cnccn2)C1. The Balaban J connectivity index is 1.93. The Labute approximate surface area is 171 Å². The predicted molar refractivity (Wildman–Crippen MR) is 105 cm³/mol. The second-order valence-corrected chi connectivity index (χ2v) is 6.91. The molecule has 160 valence electrons. The van der Waals surface area contributed by atoms with E-state index in [9.17, 15) is 14.4 Å². The van der Waals surface area contributed by atoms with Crippen LogP contribution in [0.2, 0.25) is 0 Å². The molecule has 0 bridgehead atoms. The molecule has 9 heteroatoms. The minimum Gasteiger partial charge on any atom is -0.466 e. The zero-order valence-electron chi connectivity index (χ0n) is 17.2. The molecule has 29 heavy (non-hydrogen) atoms. The molecule has 0 aromatic carbocycles. The van der Waals surface area contributed by atoms with Gasteiger partial charge in [0.2, 0.25) is 5.91 Å². The number of methoxy groups -OCH3 is 1. The van der Waals surface area contributed by atoms with E-state index in [1.807, 2.05) is 0 Å². The van der Waals surface area contributed by atoms with E-state index in [1.54, 1.807) is 23.8 Å². The molecule has 0 saturated carbocycles. The Bertz CT molecular complexity index is 670. The molecule has 1 aromatic rings. The Morgan fingerprint density at radius 1 is 1.28 bits per heavy atom. The summed E-state index contributed by atoms with van der Waals surface area (Å²) in [7, 11) is 1.61. The third-order valence-corrected chi connectivity index (χ3v) is 4.84. The molecule has 1 aliphatic heterocycles. The van der Waals surface area contributed by atoms with Crippen molar-refractivity contribution in [1.29, 1.82) is 0 Å². The third-order valence-electron chi connectivity index (χ3n) is 4.84. The Kier molecular flexibility index (Phi) is 9.49. The number of carbonyl (C=O) groups excluding carboxylic acids is 3. The molecule has 0 N–H and O–H groups in total. The van der Waals surface area contributed by atoms with Crippen molar-refractivity contribution in [2.75, 3.05) is 46.5 Å². The van der Waals surface area contributed by atoms with Crippen LogP contribution in [0, 0.1) is 5.92 Å². The highest BCUT2D eigenvalue weighted by molar-refractivity contribution is 5.92. The van der Waals surface area contributed by atoms with Crippen molar-refractivity contribution >= 4 is 17.8 Å². The number of esters is 1. The van der Waals surface area contributed by atoms with E-state index in [4.69, 9.17) is 9.47 Å². The van der Waals surface area contributed by atoms with Gasteiger partial charge in [0.15, 0.2) is 0 Å². The van der Waals surface area contributed by atoms with Gasteiger partial charge in [-0.05, 0) is 26.2 Å². The van der Waals surface area contributed by atoms with Gasteiger partial charge in [0, 0.05) is 58.7 Å². The van der Waals surface area contributed by atoms with Crippen molar-refractivity contribution < 1.29 is 23.9 Å². The minimum absolute atomic E-state index is 0.0670. The van der Waals surface area contributed by atoms with Crippen molar-refractivity contribution in [3.8, 4) is 0 Å². The number of ether oxygens (including phenoxy) is 2. The first kappa shape index (κ1) is 22.7. The van der Waals surface area contributed by atoms with E-state index in [1.165, 1.54) is 18.6 Å². The van der Waals surface area contributed by atoms with Crippen LogP contribution in [0.15, 0.2) is 18.6 Å². The standard InChI is InChI=1S/C20H30N4O5/c1-3-29-20(27)16-6-4-10-24(15-16)18(25)7-12-23(11-5-13-28-2)19(26)17-14-21-8-9-22-17/h8-9,14,16H,3-7,10-13,15H2,1-2H3/t16-/m1/s1. The lowest BCUT2D eigenvalue weighted by atomic mass is 9.98. The van der Waals surface area contributed by atoms with Crippen LogP contribution in [0.5, 0.6) is 0 Å². The molecule has 2 heterocycles. The fourth-order valence-electron chi connectivity index (χ4n) is 3.33. The number of nitrogens with zero attached hydrogens (tertiary/aromatic N) is 4. The fraction of sp³-hybridized carbons (Fsp3) is 0.650. The maximum atomic E-state index is 12.7. The summed E-state index contributed by atoms with van der Waals surface area (Å²) in [5.74, 6) is -0.844. The second kappa shape index (κ2) is 12.1. The highest BCUT2D eigenvalue weighted by Gasteiger charge is 2.29. The summed E-state index contributed by atoms with van der Waals surface area (Å²) in [5.41, 5.74) is 0.248. The summed E-state index contributed by atoms with van der Waals surface area (Å²) in [6, 6.07) is 0. The maximum absolute atomic E-state index is 12.7.